The molecule has 0 aliphatic heterocycles. The van der Waals surface area contributed by atoms with Crippen LogP contribution in [-0.2, 0) is 0 Å². The molecule has 0 bridgehead atoms. The molecule has 1 unspecified atom stereocenters. The van der Waals surface area contributed by atoms with E-state index in [9.17, 15) is 4.79 Å². The summed E-state index contributed by atoms with van der Waals surface area (Å²) >= 11 is 5.86. The van der Waals surface area contributed by atoms with Crippen LogP contribution in [0.15, 0.2) is 18.5 Å². The lowest BCUT2D eigenvalue weighted by molar-refractivity contribution is 0.0682. The Balaban J connectivity index is 2.90. The fourth-order valence-corrected chi connectivity index (χ4v) is 1.23. The summed E-state index contributed by atoms with van der Waals surface area (Å²) in [5.41, 5.74) is 0.349. The Labute approximate surface area is 93.5 Å². The second-order valence-electron chi connectivity index (χ2n) is 3.30. The molecule has 0 radical (unpaired) electrons. The van der Waals surface area contributed by atoms with Crippen LogP contribution < -0.4 is 0 Å². The molecule has 5 heteroatoms. The first-order valence-electron chi connectivity index (χ1n) is 4.55. The summed E-state index contributed by atoms with van der Waals surface area (Å²) in [5.74, 6) is -0.241. The molecule has 4 nitrogen and oxygen atoms in total. The summed E-state index contributed by atoms with van der Waals surface area (Å²) in [6.07, 6.45) is 2.94. The third-order valence-corrected chi connectivity index (χ3v) is 2.57. The molecule has 82 valence electrons. The van der Waals surface area contributed by atoms with Gasteiger partial charge in [0, 0.05) is 19.4 Å². The second-order valence-corrected chi connectivity index (χ2v) is 3.71. The average molecular weight is 229 g/mol. The van der Waals surface area contributed by atoms with Crippen LogP contribution in [0.4, 0.5) is 0 Å². The van der Waals surface area contributed by atoms with Crippen molar-refractivity contribution in [2.24, 2.45) is 0 Å². The number of carbonyl (C=O) groups excluding carboxylic acids is 1. The summed E-state index contributed by atoms with van der Waals surface area (Å²) in [6, 6.07) is 1.32. The Hall–Kier alpha value is -1.13. The van der Waals surface area contributed by atoms with Gasteiger partial charge in [-0.1, -0.05) is 11.6 Å². The zero-order valence-electron chi connectivity index (χ0n) is 8.64. The van der Waals surface area contributed by atoms with Gasteiger partial charge in [0.15, 0.2) is 0 Å². The Morgan fingerprint density at radius 3 is 2.93 bits per heavy atom. The maximum atomic E-state index is 11.9. The van der Waals surface area contributed by atoms with Crippen molar-refractivity contribution in [1.29, 1.82) is 0 Å². The topological polar surface area (TPSA) is 53.4 Å². The van der Waals surface area contributed by atoms with Gasteiger partial charge in [-0.15, -0.1) is 0 Å². The Bertz CT molecular complexity index is 357. The molecule has 0 saturated heterocycles. The van der Waals surface area contributed by atoms with Gasteiger partial charge in [-0.05, 0) is 13.0 Å². The predicted octanol–water partition coefficient (Wildman–Crippen LogP) is 1.19. The number of halogens is 1. The number of aliphatic hydroxyl groups excluding tert-OH is 1. The number of amides is 1. The van der Waals surface area contributed by atoms with Crippen molar-refractivity contribution in [3.63, 3.8) is 0 Å². The van der Waals surface area contributed by atoms with E-state index in [2.05, 4.69) is 4.98 Å². The van der Waals surface area contributed by atoms with Crippen LogP contribution in [0.2, 0.25) is 5.02 Å². The standard InChI is InChI=1S/C10H13ClN2O2/c1-7(6-14)13(2)10(15)8-5-12-4-3-9(8)11/h3-5,7,14H,6H2,1-2H3. The molecule has 0 spiro atoms. The summed E-state index contributed by atoms with van der Waals surface area (Å²) in [7, 11) is 1.62. The van der Waals surface area contributed by atoms with E-state index < -0.39 is 0 Å². The van der Waals surface area contributed by atoms with Gasteiger partial charge in [0.1, 0.15) is 0 Å². The maximum absolute atomic E-state index is 11.9. The van der Waals surface area contributed by atoms with Gasteiger partial charge in [0.05, 0.1) is 23.2 Å². The molecule has 0 aliphatic carbocycles. The molecule has 0 aliphatic rings. The van der Waals surface area contributed by atoms with Crippen molar-refractivity contribution in [3.8, 4) is 0 Å². The Morgan fingerprint density at radius 1 is 1.73 bits per heavy atom. The van der Waals surface area contributed by atoms with Crippen LogP contribution in [0, 0.1) is 0 Å². The van der Waals surface area contributed by atoms with E-state index in [-0.39, 0.29) is 18.6 Å². The lowest BCUT2D eigenvalue weighted by atomic mass is 10.2. The number of carbonyl (C=O) groups is 1. The highest BCUT2D eigenvalue weighted by Gasteiger charge is 2.18. The number of pyridine rings is 1. The van der Waals surface area contributed by atoms with Gasteiger partial charge in [0.2, 0.25) is 0 Å². The Kier molecular flexibility index (Phi) is 4.05. The predicted molar refractivity (Wildman–Crippen MR) is 57.9 cm³/mol. The van der Waals surface area contributed by atoms with Crippen molar-refractivity contribution in [2.75, 3.05) is 13.7 Å². The van der Waals surface area contributed by atoms with Gasteiger partial charge in [0.25, 0.3) is 5.91 Å². The van der Waals surface area contributed by atoms with Gasteiger partial charge < -0.3 is 10.0 Å². The van der Waals surface area contributed by atoms with Crippen molar-refractivity contribution in [3.05, 3.63) is 29.0 Å². The van der Waals surface area contributed by atoms with E-state index in [1.165, 1.54) is 17.3 Å². The first kappa shape index (κ1) is 11.9. The third kappa shape index (κ3) is 2.67. The normalized spacial score (nSPS) is 12.3. The first-order chi connectivity index (χ1) is 7.07. The maximum Gasteiger partial charge on any atom is 0.257 e. The first-order valence-corrected chi connectivity index (χ1v) is 4.93. The number of nitrogens with zero attached hydrogens (tertiary/aromatic N) is 2. The number of likely N-dealkylation sites (N-methyl/N-ethyl adjacent to an activating group) is 1. The number of rotatable bonds is 3. The molecule has 1 heterocycles. The van der Waals surface area contributed by atoms with Crippen LogP contribution in [0.3, 0.4) is 0 Å². The van der Waals surface area contributed by atoms with Crippen LogP contribution in [0.25, 0.3) is 0 Å². The zero-order chi connectivity index (χ0) is 11.4. The SMILES string of the molecule is CC(CO)N(C)C(=O)c1cnccc1Cl. The quantitative estimate of drug-likeness (QED) is 0.846. The summed E-state index contributed by atoms with van der Waals surface area (Å²) in [5, 5.41) is 9.30. The molecule has 1 N–H and O–H groups in total. The minimum atomic E-state index is -0.242. The fraction of sp³-hybridized carbons (Fsp3) is 0.400. The largest absolute Gasteiger partial charge is 0.394 e. The highest BCUT2D eigenvalue weighted by molar-refractivity contribution is 6.33. The molecule has 1 rings (SSSR count). The van der Waals surface area contributed by atoms with E-state index in [1.54, 1.807) is 20.0 Å². The molecule has 1 aromatic rings. The molecule has 0 aromatic carbocycles. The van der Waals surface area contributed by atoms with Crippen molar-refractivity contribution >= 4 is 17.5 Å². The molecule has 15 heavy (non-hydrogen) atoms. The molecule has 0 saturated carbocycles. The van der Waals surface area contributed by atoms with Crippen molar-refractivity contribution in [2.45, 2.75) is 13.0 Å². The lowest BCUT2D eigenvalue weighted by Gasteiger charge is -2.23. The highest BCUT2D eigenvalue weighted by Crippen LogP contribution is 2.16. The highest BCUT2D eigenvalue weighted by atomic mass is 35.5. The van der Waals surface area contributed by atoms with Crippen molar-refractivity contribution < 1.29 is 9.90 Å². The van der Waals surface area contributed by atoms with Crippen LogP contribution >= 0.6 is 11.6 Å². The Morgan fingerprint density at radius 2 is 2.40 bits per heavy atom. The lowest BCUT2D eigenvalue weighted by Crippen LogP contribution is -2.37. The van der Waals surface area contributed by atoms with E-state index in [4.69, 9.17) is 16.7 Å². The second kappa shape index (κ2) is 5.09. The molecule has 1 aromatic heterocycles. The van der Waals surface area contributed by atoms with Crippen LogP contribution in [0.5, 0.6) is 0 Å². The van der Waals surface area contributed by atoms with Crippen molar-refractivity contribution in [1.82, 2.24) is 9.88 Å². The van der Waals surface area contributed by atoms with E-state index >= 15 is 0 Å². The molecular formula is C10H13ClN2O2. The van der Waals surface area contributed by atoms with Crippen LogP contribution in [0.1, 0.15) is 17.3 Å². The van der Waals surface area contributed by atoms with E-state index in [0.29, 0.717) is 10.6 Å². The molecule has 0 fully saturated rings. The molecular weight excluding hydrogens is 216 g/mol. The van der Waals surface area contributed by atoms with Gasteiger partial charge in [-0.3, -0.25) is 9.78 Å². The average Bonchev–Trinajstić information content (AvgIpc) is 2.26. The van der Waals surface area contributed by atoms with Gasteiger partial charge in [-0.25, -0.2) is 0 Å². The number of aliphatic hydroxyl groups is 1. The van der Waals surface area contributed by atoms with Crippen LogP contribution in [-0.4, -0.2) is 40.6 Å². The summed E-state index contributed by atoms with van der Waals surface area (Å²) in [4.78, 5) is 17.1. The minimum absolute atomic E-state index is 0.0832. The molecule has 1 amide bonds. The fourth-order valence-electron chi connectivity index (χ4n) is 1.05. The van der Waals surface area contributed by atoms with E-state index in [1.807, 2.05) is 0 Å². The minimum Gasteiger partial charge on any atom is -0.394 e. The summed E-state index contributed by atoms with van der Waals surface area (Å²) < 4.78 is 0. The number of hydrogen-bond donors (Lipinski definition) is 1. The third-order valence-electron chi connectivity index (χ3n) is 2.24. The smallest absolute Gasteiger partial charge is 0.257 e. The van der Waals surface area contributed by atoms with Gasteiger partial charge in [-0.2, -0.15) is 0 Å². The molecule has 1 atom stereocenters. The zero-order valence-corrected chi connectivity index (χ0v) is 9.40. The number of hydrogen-bond acceptors (Lipinski definition) is 3. The summed E-state index contributed by atoms with van der Waals surface area (Å²) in [6.45, 7) is 1.67. The van der Waals surface area contributed by atoms with Gasteiger partial charge >= 0.3 is 0 Å². The van der Waals surface area contributed by atoms with E-state index in [0.717, 1.165) is 0 Å². The monoisotopic (exact) mass is 228 g/mol. The number of aromatic nitrogens is 1.